The van der Waals surface area contributed by atoms with Crippen LogP contribution in [0.25, 0.3) is 112 Å². The lowest BCUT2D eigenvalue weighted by molar-refractivity contribution is 0.590. The molecule has 1 heterocycles. The fourth-order valence-corrected chi connectivity index (χ4v) is 13.6. The van der Waals surface area contributed by atoms with Crippen LogP contribution >= 0.6 is 0 Å². The van der Waals surface area contributed by atoms with Crippen LogP contribution in [0.2, 0.25) is 0 Å². The third-order valence-corrected chi connectivity index (χ3v) is 20.0. The van der Waals surface area contributed by atoms with Crippen LogP contribution in [0.5, 0.6) is 0 Å². The summed E-state index contributed by atoms with van der Waals surface area (Å²) in [4.78, 5) is 5.37. The van der Waals surface area contributed by atoms with Crippen LogP contribution in [0.15, 0.2) is 237 Å². The Morgan fingerprint density at radius 3 is 0.750 bits per heavy atom. The molecule has 0 aliphatic rings. The summed E-state index contributed by atoms with van der Waals surface area (Å²) in [6.45, 7) is 43.3. The zero-order chi connectivity index (χ0) is 71.4. The molecule has 12 rings (SSSR count). The van der Waals surface area contributed by atoms with E-state index in [0.29, 0.717) is 24.4 Å². The van der Waals surface area contributed by atoms with Crippen LogP contribution in [-0.4, -0.2) is 14.8 Å². The largest absolute Gasteiger partial charge is 0.241 e. The predicted molar refractivity (Wildman–Crippen MR) is 426 cm³/mol. The first-order valence-corrected chi connectivity index (χ1v) is 36.1. The lowest BCUT2D eigenvalue weighted by Crippen LogP contribution is -2.10. The highest BCUT2D eigenvalue weighted by atomic mass is 19.1. The number of nitrogens with zero attached hydrogens (tertiary/aromatic N) is 3. The molecule has 508 valence electrons. The van der Waals surface area contributed by atoms with Gasteiger partial charge in [-0.05, 0) is 263 Å². The zero-order valence-corrected chi connectivity index (χ0v) is 62.9. The lowest BCUT2D eigenvalue weighted by Gasteiger charge is -2.20. The first kappa shape index (κ1) is 70.4. The van der Waals surface area contributed by atoms with E-state index in [9.17, 15) is 0 Å². The molecule has 0 unspecified atom stereocenters. The third kappa shape index (κ3) is 15.9. The van der Waals surface area contributed by atoms with Gasteiger partial charge in [0.05, 0.1) is 6.54 Å². The van der Waals surface area contributed by atoms with Crippen LogP contribution in [0, 0.1) is 5.82 Å². The molecule has 100 heavy (non-hydrogen) atoms. The minimum absolute atomic E-state index is 0.00236. The van der Waals surface area contributed by atoms with E-state index in [1.165, 1.54) is 33.4 Å². The third-order valence-electron chi connectivity index (χ3n) is 20.0. The highest BCUT2D eigenvalue weighted by Crippen LogP contribution is 2.43. The molecule has 11 aromatic carbocycles. The first-order valence-electron chi connectivity index (χ1n) is 36.1. The van der Waals surface area contributed by atoms with Gasteiger partial charge in [-0.2, -0.15) is 5.10 Å². The Labute approximate surface area is 597 Å². The first-order chi connectivity index (χ1) is 47.1. The molecule has 0 radical (unpaired) electrons. The second kappa shape index (κ2) is 27.2. The lowest BCUT2D eigenvalue weighted by atomic mass is 9.84. The van der Waals surface area contributed by atoms with Gasteiger partial charge in [0.25, 0.3) is 0 Å². The van der Waals surface area contributed by atoms with Crippen molar-refractivity contribution in [2.75, 3.05) is 0 Å². The van der Waals surface area contributed by atoms with E-state index in [1.54, 1.807) is 6.07 Å². The number of hydrogen-bond donors (Lipinski definition) is 0. The SMILES string of the molecule is CCCc1nc(-c2ccc(F)c(-c3cc(-c4ccc(C(C)(C)C)cc4)cc(-c4ccc(C(C)(C)C)cc4)c3)c2)n(Cc2cc(-c3cc(-c4ccc(C(C)(C)C)cc4)cc(-c4ccc(C(C)(C)C)cc4)c3)cc(-c3cc(-c4ccc(C(C)(C)C)cc4)cc(-c4ccc(C(C)(C)C)cc4)c3)c2)n1. The van der Waals surface area contributed by atoms with E-state index in [1.807, 2.05) is 12.1 Å². The van der Waals surface area contributed by atoms with Gasteiger partial charge in [-0.25, -0.2) is 14.1 Å². The molecule has 0 amide bonds. The summed E-state index contributed by atoms with van der Waals surface area (Å²) >= 11 is 0. The smallest absolute Gasteiger partial charge is 0.158 e. The molecule has 0 aliphatic carbocycles. The summed E-state index contributed by atoms with van der Waals surface area (Å²) in [6, 6.07) is 87.7. The minimum Gasteiger partial charge on any atom is -0.241 e. The van der Waals surface area contributed by atoms with Gasteiger partial charge in [0.2, 0.25) is 0 Å². The number of aromatic nitrogens is 3. The molecule has 0 atom stereocenters. The van der Waals surface area contributed by atoms with Crippen molar-refractivity contribution in [1.29, 1.82) is 0 Å². The second-order valence-corrected chi connectivity index (χ2v) is 34.2. The Morgan fingerprint density at radius 2 is 0.500 bits per heavy atom. The van der Waals surface area contributed by atoms with Gasteiger partial charge >= 0.3 is 0 Å². The Morgan fingerprint density at radius 1 is 0.270 bits per heavy atom. The molecule has 0 bridgehead atoms. The van der Waals surface area contributed by atoms with E-state index < -0.39 is 0 Å². The average Bonchev–Trinajstić information content (AvgIpc) is 1.09. The normalized spacial score (nSPS) is 12.5. The number of aryl methyl sites for hydroxylation is 1. The Bertz CT molecular complexity index is 4490. The van der Waals surface area contributed by atoms with Gasteiger partial charge in [-0.15, -0.1) is 0 Å². The van der Waals surface area contributed by atoms with Gasteiger partial charge < -0.3 is 0 Å². The van der Waals surface area contributed by atoms with Gasteiger partial charge in [0.15, 0.2) is 11.6 Å². The highest BCUT2D eigenvalue weighted by Gasteiger charge is 2.24. The fraction of sp³-hybridized carbons (Fsp3) is 0.292. The molecule has 1 aromatic heterocycles. The van der Waals surface area contributed by atoms with E-state index >= 15 is 4.39 Å². The van der Waals surface area contributed by atoms with Crippen molar-refractivity contribution in [3.05, 3.63) is 287 Å². The summed E-state index contributed by atoms with van der Waals surface area (Å²) in [7, 11) is 0. The van der Waals surface area contributed by atoms with E-state index in [0.717, 1.165) is 118 Å². The summed E-state index contributed by atoms with van der Waals surface area (Å²) in [5.74, 6) is 1.14. The molecule has 3 nitrogen and oxygen atoms in total. The average molecular weight is 1320 g/mol. The molecule has 4 heteroatoms. The number of benzene rings is 11. The quantitative estimate of drug-likeness (QED) is 0.109. The van der Waals surface area contributed by atoms with Crippen LogP contribution in [0.4, 0.5) is 4.39 Å². The maximum atomic E-state index is 17.2. The predicted octanol–water partition coefficient (Wildman–Crippen LogP) is 26.9. The van der Waals surface area contributed by atoms with Crippen molar-refractivity contribution in [3.8, 4) is 112 Å². The maximum absolute atomic E-state index is 17.2. The highest BCUT2D eigenvalue weighted by molar-refractivity contribution is 5.87. The zero-order valence-electron chi connectivity index (χ0n) is 62.9. The maximum Gasteiger partial charge on any atom is 0.158 e. The number of halogens is 1. The molecule has 0 saturated carbocycles. The molecule has 0 spiro atoms. The summed E-state index contributed by atoms with van der Waals surface area (Å²) < 4.78 is 19.2. The van der Waals surface area contributed by atoms with Crippen molar-refractivity contribution in [3.63, 3.8) is 0 Å². The van der Waals surface area contributed by atoms with Crippen molar-refractivity contribution < 1.29 is 4.39 Å². The van der Waals surface area contributed by atoms with E-state index in [-0.39, 0.29) is 38.3 Å². The summed E-state index contributed by atoms with van der Waals surface area (Å²) in [5.41, 5.74) is 28.7. The number of hydrogen-bond acceptors (Lipinski definition) is 2. The van der Waals surface area contributed by atoms with Crippen molar-refractivity contribution >= 4 is 0 Å². The molecule has 0 aliphatic heterocycles. The topological polar surface area (TPSA) is 30.7 Å². The fourth-order valence-electron chi connectivity index (χ4n) is 13.6. The Hall–Kier alpha value is -9.51. The molecule has 0 fully saturated rings. The van der Waals surface area contributed by atoms with Crippen molar-refractivity contribution in [2.45, 2.75) is 183 Å². The number of rotatable bonds is 14. The standard InChI is InChI=1S/C96H102FN3/c1-20-21-89-98-90(69-34-47-88(97)87(60-69)80-58-76(67-30-43-85(44-31-67)95(14,15)16)53-77(59-80)68-32-45-86(46-33-68)96(17,18)19)100(99-89)61-62-48-70(78-54-72(63-22-35-81(36-23-63)91(2,3)4)51-73(55-78)64-24-37-82(38-25-64)92(5,6)7)50-71(49-62)79-56-74(65-26-39-83(40-27-65)93(8,9)10)52-75(57-79)66-28-41-84(42-29-66)94(11,12)13/h22-60H,20-21,61H2,1-19H3. The molecule has 12 aromatic rings. The van der Waals surface area contributed by atoms with E-state index in [2.05, 4.69) is 355 Å². The van der Waals surface area contributed by atoms with Gasteiger partial charge in [-0.1, -0.05) is 277 Å². The van der Waals surface area contributed by atoms with Crippen molar-refractivity contribution in [1.82, 2.24) is 14.8 Å². The molecule has 0 saturated heterocycles. The van der Waals surface area contributed by atoms with Crippen LogP contribution in [-0.2, 0) is 45.5 Å². The van der Waals surface area contributed by atoms with Gasteiger partial charge in [0.1, 0.15) is 5.82 Å². The van der Waals surface area contributed by atoms with Gasteiger partial charge in [0, 0.05) is 17.5 Å². The second-order valence-electron chi connectivity index (χ2n) is 34.2. The van der Waals surface area contributed by atoms with Crippen LogP contribution in [0.3, 0.4) is 0 Å². The minimum atomic E-state index is -0.302. The summed E-state index contributed by atoms with van der Waals surface area (Å²) in [6.07, 6.45) is 1.56. The Kier molecular flexibility index (Phi) is 19.1. The van der Waals surface area contributed by atoms with Gasteiger partial charge in [-0.3, -0.25) is 0 Å². The monoisotopic (exact) mass is 1320 g/mol. The van der Waals surface area contributed by atoms with Crippen molar-refractivity contribution in [2.24, 2.45) is 0 Å². The molecule has 0 N–H and O–H groups in total. The molecular formula is C96H102FN3. The van der Waals surface area contributed by atoms with Crippen LogP contribution < -0.4 is 0 Å². The van der Waals surface area contributed by atoms with Crippen LogP contribution in [0.1, 0.15) is 183 Å². The molecular weight excluding hydrogens is 1210 g/mol. The summed E-state index contributed by atoms with van der Waals surface area (Å²) in [5, 5.41) is 5.38. The Balaban J connectivity index is 1.05. The van der Waals surface area contributed by atoms with E-state index in [4.69, 9.17) is 10.1 Å².